The van der Waals surface area contributed by atoms with Crippen LogP contribution in [0, 0.1) is 17.0 Å². The quantitative estimate of drug-likeness (QED) is 0.430. The van der Waals surface area contributed by atoms with Gasteiger partial charge in [-0.15, -0.1) is 0 Å². The minimum atomic E-state index is -0.940. The topological polar surface area (TPSA) is 132 Å². The van der Waals surface area contributed by atoms with E-state index in [2.05, 4.69) is 19.8 Å². The molecule has 2 heterocycles. The Morgan fingerprint density at radius 2 is 2.17 bits per heavy atom. The molecule has 0 atom stereocenters. The zero-order valence-electron chi connectivity index (χ0n) is 9.33. The van der Waals surface area contributed by atoms with Crippen molar-refractivity contribution in [3.63, 3.8) is 0 Å². The molecular formula is C8H7N5O5. The molecular weight excluding hydrogens is 246 g/mol. The third-order valence-electron chi connectivity index (χ3n) is 2.21. The number of esters is 1. The molecule has 1 N–H and O–H groups in total. The number of nitro groups is 1. The van der Waals surface area contributed by atoms with Gasteiger partial charge in [-0.05, 0) is 6.92 Å². The number of aryl methyl sites for hydroxylation is 1. The molecule has 0 aliphatic rings. The number of nitrogens with zero attached hydrogens (tertiary/aromatic N) is 4. The molecule has 0 aliphatic carbocycles. The molecule has 94 valence electrons. The first-order valence-electron chi connectivity index (χ1n) is 4.67. The Morgan fingerprint density at radius 3 is 2.72 bits per heavy atom. The van der Waals surface area contributed by atoms with E-state index in [1.807, 2.05) is 0 Å². The van der Waals surface area contributed by atoms with Crippen LogP contribution in [0.3, 0.4) is 0 Å². The van der Waals surface area contributed by atoms with Gasteiger partial charge in [-0.25, -0.2) is 9.78 Å². The molecule has 0 aliphatic heterocycles. The van der Waals surface area contributed by atoms with E-state index in [0.29, 0.717) is 0 Å². The summed E-state index contributed by atoms with van der Waals surface area (Å²) in [6.07, 6.45) is 0. The number of ether oxygens (including phenoxy) is 1. The van der Waals surface area contributed by atoms with E-state index in [1.165, 1.54) is 6.92 Å². The van der Waals surface area contributed by atoms with E-state index < -0.39 is 22.1 Å². The fraction of sp³-hybridized carbons (Fsp3) is 0.250. The summed E-state index contributed by atoms with van der Waals surface area (Å²) in [6.45, 7) is 1.31. The summed E-state index contributed by atoms with van der Waals surface area (Å²) in [4.78, 5) is 40.3. The lowest BCUT2D eigenvalue weighted by atomic mass is 10.4. The predicted molar refractivity (Wildman–Crippen MR) is 56.3 cm³/mol. The zero-order valence-corrected chi connectivity index (χ0v) is 9.33. The van der Waals surface area contributed by atoms with Gasteiger partial charge in [0.05, 0.1) is 12.0 Å². The molecule has 10 nitrogen and oxygen atoms in total. The fourth-order valence-corrected chi connectivity index (χ4v) is 1.41. The van der Waals surface area contributed by atoms with E-state index >= 15 is 0 Å². The van der Waals surface area contributed by atoms with Crippen molar-refractivity contribution in [1.82, 2.24) is 19.6 Å². The average molecular weight is 253 g/mol. The molecule has 0 aromatic carbocycles. The van der Waals surface area contributed by atoms with Gasteiger partial charge in [-0.3, -0.25) is 20.0 Å². The zero-order chi connectivity index (χ0) is 13.4. The van der Waals surface area contributed by atoms with E-state index in [4.69, 9.17) is 0 Å². The Labute approximate surface area is 98.4 Å². The number of methoxy groups -OCH3 is 1. The maximum absolute atomic E-state index is 11.8. The highest BCUT2D eigenvalue weighted by atomic mass is 16.6. The number of aromatic amines is 1. The number of nitrogens with one attached hydrogen (secondary N) is 1. The molecule has 18 heavy (non-hydrogen) atoms. The molecule has 0 saturated heterocycles. The molecule has 2 aromatic heterocycles. The van der Waals surface area contributed by atoms with Crippen molar-refractivity contribution in [2.75, 3.05) is 7.11 Å². The normalized spacial score (nSPS) is 10.6. The first-order chi connectivity index (χ1) is 8.45. The highest BCUT2D eigenvalue weighted by Crippen LogP contribution is 2.09. The van der Waals surface area contributed by atoms with E-state index in [9.17, 15) is 19.7 Å². The van der Waals surface area contributed by atoms with Crippen molar-refractivity contribution in [2.45, 2.75) is 6.92 Å². The van der Waals surface area contributed by atoms with Crippen LogP contribution in [0.2, 0.25) is 0 Å². The lowest BCUT2D eigenvalue weighted by Gasteiger charge is -1.95. The highest BCUT2D eigenvalue weighted by molar-refractivity contribution is 5.85. The molecule has 0 spiro atoms. The number of hydrogen-bond acceptors (Lipinski definition) is 7. The standard InChI is InChI=1S/C8H7N5O5/c1-3-4(13(16)17)6(14)12-8(9-3)10-5(11-12)7(15)18-2/h1-2H3,(H,9,10,11). The van der Waals surface area contributed by atoms with Crippen LogP contribution >= 0.6 is 0 Å². The van der Waals surface area contributed by atoms with Gasteiger partial charge in [0.25, 0.3) is 5.78 Å². The van der Waals surface area contributed by atoms with Crippen LogP contribution in [-0.4, -0.2) is 37.6 Å². The van der Waals surface area contributed by atoms with Crippen LogP contribution in [0.25, 0.3) is 5.78 Å². The van der Waals surface area contributed by atoms with E-state index in [1.54, 1.807) is 0 Å². The van der Waals surface area contributed by atoms with Gasteiger partial charge in [-0.2, -0.15) is 9.50 Å². The van der Waals surface area contributed by atoms with Crippen LogP contribution in [0.1, 0.15) is 16.3 Å². The van der Waals surface area contributed by atoms with Crippen LogP contribution in [0.15, 0.2) is 4.79 Å². The number of rotatable bonds is 2. The molecule has 0 unspecified atom stereocenters. The Bertz CT molecular complexity index is 714. The fourth-order valence-electron chi connectivity index (χ4n) is 1.41. The smallest absolute Gasteiger partial charge is 0.375 e. The van der Waals surface area contributed by atoms with Crippen LogP contribution in [-0.2, 0) is 4.74 Å². The number of hydrogen-bond donors (Lipinski definition) is 1. The largest absolute Gasteiger partial charge is 0.463 e. The van der Waals surface area contributed by atoms with E-state index in [0.717, 1.165) is 11.6 Å². The monoisotopic (exact) mass is 253 g/mol. The maximum atomic E-state index is 11.8. The summed E-state index contributed by atoms with van der Waals surface area (Å²) in [5.41, 5.74) is -1.69. The molecule has 2 rings (SSSR count). The van der Waals surface area contributed by atoms with Gasteiger partial charge in [0.15, 0.2) is 0 Å². The van der Waals surface area contributed by atoms with Crippen molar-refractivity contribution in [3.05, 3.63) is 32.0 Å². The van der Waals surface area contributed by atoms with Gasteiger partial charge in [-0.1, -0.05) is 0 Å². The maximum Gasteiger partial charge on any atom is 0.375 e. The number of carbonyl (C=O) groups is 1. The minimum Gasteiger partial charge on any atom is -0.463 e. The third kappa shape index (κ3) is 1.59. The Hall–Kier alpha value is -2.78. The van der Waals surface area contributed by atoms with Crippen molar-refractivity contribution in [1.29, 1.82) is 0 Å². The summed E-state index contributed by atoms with van der Waals surface area (Å²) >= 11 is 0. The molecule has 10 heteroatoms. The van der Waals surface area contributed by atoms with Crippen LogP contribution in [0.4, 0.5) is 5.69 Å². The average Bonchev–Trinajstić information content (AvgIpc) is 2.71. The summed E-state index contributed by atoms with van der Waals surface area (Å²) in [7, 11) is 1.14. The lowest BCUT2D eigenvalue weighted by Crippen LogP contribution is -2.20. The number of carbonyl (C=O) groups excluding carboxylic acids is 1. The lowest BCUT2D eigenvalue weighted by molar-refractivity contribution is -0.387. The highest BCUT2D eigenvalue weighted by Gasteiger charge is 2.23. The van der Waals surface area contributed by atoms with Crippen LogP contribution in [0.5, 0.6) is 0 Å². The predicted octanol–water partition coefficient (Wildman–Crippen LogP) is -0.579. The number of H-pyrrole nitrogens is 1. The van der Waals surface area contributed by atoms with E-state index in [-0.39, 0.29) is 17.3 Å². The van der Waals surface area contributed by atoms with Crippen molar-refractivity contribution in [3.8, 4) is 0 Å². The molecule has 0 radical (unpaired) electrons. The van der Waals surface area contributed by atoms with Gasteiger partial charge >= 0.3 is 17.2 Å². The van der Waals surface area contributed by atoms with Gasteiger partial charge < -0.3 is 4.74 Å². The first-order valence-corrected chi connectivity index (χ1v) is 4.67. The number of fused-ring (bicyclic) bond motifs is 1. The first kappa shape index (κ1) is 11.7. The Balaban J connectivity index is 2.79. The molecule has 0 saturated carbocycles. The Kier molecular flexibility index (Phi) is 2.54. The number of aromatic nitrogens is 4. The second-order valence-electron chi connectivity index (χ2n) is 3.31. The second kappa shape index (κ2) is 3.91. The molecule has 0 fully saturated rings. The Morgan fingerprint density at radius 1 is 1.50 bits per heavy atom. The second-order valence-corrected chi connectivity index (χ2v) is 3.31. The summed E-state index contributed by atoms with van der Waals surface area (Å²) in [6, 6.07) is 0. The third-order valence-corrected chi connectivity index (χ3v) is 2.21. The minimum absolute atomic E-state index is 0.0760. The van der Waals surface area contributed by atoms with Crippen molar-refractivity contribution in [2.24, 2.45) is 0 Å². The van der Waals surface area contributed by atoms with Crippen molar-refractivity contribution >= 4 is 17.4 Å². The summed E-state index contributed by atoms with van der Waals surface area (Å²) < 4.78 is 5.12. The van der Waals surface area contributed by atoms with Crippen LogP contribution < -0.4 is 5.56 Å². The van der Waals surface area contributed by atoms with Gasteiger partial charge in [0.2, 0.25) is 5.82 Å². The van der Waals surface area contributed by atoms with Gasteiger partial charge in [0.1, 0.15) is 5.69 Å². The summed E-state index contributed by atoms with van der Waals surface area (Å²) in [5, 5.41) is 13.0. The SMILES string of the molecule is COC(=O)c1nc2nc(C)c([N+](=O)[O-])c(=O)n2[nH]1. The summed E-state index contributed by atoms with van der Waals surface area (Å²) in [5.74, 6) is -1.20. The molecule has 0 bridgehead atoms. The van der Waals surface area contributed by atoms with Gasteiger partial charge in [0, 0.05) is 0 Å². The molecule has 2 aromatic rings. The van der Waals surface area contributed by atoms with Crippen molar-refractivity contribution < 1.29 is 14.5 Å². The molecule has 0 amide bonds.